The van der Waals surface area contributed by atoms with Crippen LogP contribution in [0.1, 0.15) is 29.3 Å². The quantitative estimate of drug-likeness (QED) is 0.754. The van der Waals surface area contributed by atoms with Crippen LogP contribution in [0.4, 0.5) is 0 Å². The molecule has 1 aliphatic heterocycles. The lowest BCUT2D eigenvalue weighted by molar-refractivity contribution is 0.00215. The van der Waals surface area contributed by atoms with E-state index in [0.717, 1.165) is 31.4 Å². The summed E-state index contributed by atoms with van der Waals surface area (Å²) < 4.78 is 0. The molecule has 3 nitrogen and oxygen atoms in total. The lowest BCUT2D eigenvalue weighted by Gasteiger charge is -2.30. The predicted molar refractivity (Wildman–Crippen MR) is 62.4 cm³/mol. The van der Waals surface area contributed by atoms with Gasteiger partial charge in [0.15, 0.2) is 0 Å². The second kappa shape index (κ2) is 4.36. The van der Waals surface area contributed by atoms with E-state index in [9.17, 15) is 9.90 Å². The fourth-order valence-electron chi connectivity index (χ4n) is 2.27. The van der Waals surface area contributed by atoms with Crippen molar-refractivity contribution in [3.63, 3.8) is 0 Å². The molecule has 86 valence electrons. The third kappa shape index (κ3) is 2.01. The van der Waals surface area contributed by atoms with Crippen molar-refractivity contribution in [2.45, 2.75) is 18.9 Å². The molecule has 0 saturated carbocycles. The van der Waals surface area contributed by atoms with Crippen LogP contribution < -0.4 is 5.32 Å². The molecule has 16 heavy (non-hydrogen) atoms. The summed E-state index contributed by atoms with van der Waals surface area (Å²) in [5.41, 5.74) is 0.709. The number of aliphatic hydroxyl groups is 1. The largest absolute Gasteiger partial charge is 0.385 e. The maximum absolute atomic E-state index is 10.6. The topological polar surface area (TPSA) is 49.3 Å². The van der Waals surface area contributed by atoms with E-state index in [1.165, 1.54) is 0 Å². The molecule has 1 aromatic rings. The fraction of sp³-hybridized carbons (Fsp3) is 0.462. The van der Waals surface area contributed by atoms with Crippen molar-refractivity contribution in [1.29, 1.82) is 0 Å². The van der Waals surface area contributed by atoms with Crippen molar-refractivity contribution in [3.05, 3.63) is 35.4 Å². The minimum absolute atomic E-state index is 0.245. The first-order valence-corrected chi connectivity index (χ1v) is 5.63. The Morgan fingerprint density at radius 1 is 1.44 bits per heavy atom. The van der Waals surface area contributed by atoms with Crippen molar-refractivity contribution in [1.82, 2.24) is 5.32 Å². The Bertz CT molecular complexity index is 364. The van der Waals surface area contributed by atoms with Gasteiger partial charge in [-0.2, -0.15) is 0 Å². The highest BCUT2D eigenvalue weighted by atomic mass is 16.3. The molecule has 1 heterocycles. The summed E-state index contributed by atoms with van der Waals surface area (Å²) in [6.45, 7) is 3.66. The van der Waals surface area contributed by atoms with Crippen LogP contribution in [0, 0.1) is 5.92 Å². The SMILES string of the molecule is CC(O)(c1ccc(C=O)cc1)C1CCNC1. The van der Waals surface area contributed by atoms with E-state index >= 15 is 0 Å². The monoisotopic (exact) mass is 219 g/mol. The van der Waals surface area contributed by atoms with Gasteiger partial charge in [0, 0.05) is 18.0 Å². The molecule has 0 bridgehead atoms. The summed E-state index contributed by atoms with van der Waals surface area (Å²) in [6.07, 6.45) is 1.80. The van der Waals surface area contributed by atoms with E-state index in [4.69, 9.17) is 0 Å². The highest BCUT2D eigenvalue weighted by Crippen LogP contribution is 2.32. The Morgan fingerprint density at radius 2 is 2.12 bits per heavy atom. The lowest BCUT2D eigenvalue weighted by atomic mass is 9.82. The van der Waals surface area contributed by atoms with Crippen LogP contribution in [0.2, 0.25) is 0 Å². The highest BCUT2D eigenvalue weighted by molar-refractivity contribution is 5.74. The zero-order valence-electron chi connectivity index (χ0n) is 9.44. The second-order valence-electron chi connectivity index (χ2n) is 4.58. The van der Waals surface area contributed by atoms with Gasteiger partial charge in [-0.3, -0.25) is 4.79 Å². The summed E-state index contributed by atoms with van der Waals surface area (Å²) in [7, 11) is 0. The lowest BCUT2D eigenvalue weighted by Crippen LogP contribution is -2.33. The fourth-order valence-corrected chi connectivity index (χ4v) is 2.27. The van der Waals surface area contributed by atoms with Crippen molar-refractivity contribution in [3.8, 4) is 0 Å². The molecule has 1 aliphatic rings. The van der Waals surface area contributed by atoms with Crippen LogP contribution in [0.25, 0.3) is 0 Å². The Kier molecular flexibility index (Phi) is 3.08. The minimum Gasteiger partial charge on any atom is -0.385 e. The number of rotatable bonds is 3. The van der Waals surface area contributed by atoms with Crippen LogP contribution in [0.3, 0.4) is 0 Å². The molecule has 2 N–H and O–H groups in total. The first-order chi connectivity index (χ1) is 7.64. The van der Waals surface area contributed by atoms with Gasteiger partial charge in [0.2, 0.25) is 0 Å². The number of carbonyl (C=O) groups is 1. The summed E-state index contributed by atoms with van der Waals surface area (Å²) in [6, 6.07) is 7.17. The van der Waals surface area contributed by atoms with E-state index < -0.39 is 5.60 Å². The average molecular weight is 219 g/mol. The van der Waals surface area contributed by atoms with Gasteiger partial charge >= 0.3 is 0 Å². The summed E-state index contributed by atoms with van der Waals surface area (Å²) in [5, 5.41) is 13.8. The molecule has 1 fully saturated rings. The van der Waals surface area contributed by atoms with Gasteiger partial charge in [-0.25, -0.2) is 0 Å². The molecule has 3 heteroatoms. The van der Waals surface area contributed by atoms with E-state index in [-0.39, 0.29) is 5.92 Å². The number of carbonyl (C=O) groups excluding carboxylic acids is 1. The van der Waals surface area contributed by atoms with Gasteiger partial charge in [0.05, 0.1) is 5.60 Å². The highest BCUT2D eigenvalue weighted by Gasteiger charge is 2.35. The summed E-state index contributed by atoms with van der Waals surface area (Å²) in [5.74, 6) is 0.245. The molecule has 0 aliphatic carbocycles. The van der Waals surface area contributed by atoms with E-state index in [0.29, 0.717) is 5.56 Å². The molecule has 1 aromatic carbocycles. The van der Waals surface area contributed by atoms with Crippen LogP contribution in [0.15, 0.2) is 24.3 Å². The molecular weight excluding hydrogens is 202 g/mol. The van der Waals surface area contributed by atoms with E-state index in [1.807, 2.05) is 19.1 Å². The van der Waals surface area contributed by atoms with Gasteiger partial charge in [-0.1, -0.05) is 24.3 Å². The van der Waals surface area contributed by atoms with Crippen LogP contribution in [-0.4, -0.2) is 24.5 Å². The summed E-state index contributed by atoms with van der Waals surface area (Å²) >= 11 is 0. The van der Waals surface area contributed by atoms with Gasteiger partial charge in [0.25, 0.3) is 0 Å². The Hall–Kier alpha value is -1.19. The number of hydrogen-bond donors (Lipinski definition) is 2. The maximum Gasteiger partial charge on any atom is 0.150 e. The zero-order chi connectivity index (χ0) is 11.6. The molecule has 2 unspecified atom stereocenters. The predicted octanol–water partition coefficient (Wildman–Crippen LogP) is 1.32. The first-order valence-electron chi connectivity index (χ1n) is 5.63. The smallest absolute Gasteiger partial charge is 0.150 e. The van der Waals surface area contributed by atoms with E-state index in [2.05, 4.69) is 5.32 Å². The van der Waals surface area contributed by atoms with Crippen LogP contribution in [-0.2, 0) is 5.60 Å². The standard InChI is InChI=1S/C13H17NO2/c1-13(16,12-6-7-14-8-12)11-4-2-10(9-15)3-5-11/h2-5,9,12,14,16H,6-8H2,1H3. The number of nitrogens with one attached hydrogen (secondary N) is 1. The van der Waals surface area contributed by atoms with Crippen molar-refractivity contribution in [2.24, 2.45) is 5.92 Å². The maximum atomic E-state index is 10.6. The molecule has 1 saturated heterocycles. The average Bonchev–Trinajstić information content (AvgIpc) is 2.83. The van der Waals surface area contributed by atoms with Gasteiger partial charge in [0.1, 0.15) is 6.29 Å². The van der Waals surface area contributed by atoms with Gasteiger partial charge < -0.3 is 10.4 Å². The molecular formula is C13H17NO2. The Labute approximate surface area is 95.5 Å². The number of benzene rings is 1. The van der Waals surface area contributed by atoms with Gasteiger partial charge in [-0.15, -0.1) is 0 Å². The molecule has 2 rings (SSSR count). The van der Waals surface area contributed by atoms with Crippen molar-refractivity contribution >= 4 is 6.29 Å². The first kappa shape index (κ1) is 11.3. The van der Waals surface area contributed by atoms with Crippen molar-refractivity contribution < 1.29 is 9.90 Å². The Balaban J connectivity index is 2.23. The summed E-state index contributed by atoms with van der Waals surface area (Å²) in [4.78, 5) is 10.6. The minimum atomic E-state index is -0.815. The van der Waals surface area contributed by atoms with Crippen LogP contribution in [0.5, 0.6) is 0 Å². The van der Waals surface area contributed by atoms with E-state index in [1.54, 1.807) is 12.1 Å². The van der Waals surface area contributed by atoms with Crippen LogP contribution >= 0.6 is 0 Å². The zero-order valence-corrected chi connectivity index (χ0v) is 9.44. The van der Waals surface area contributed by atoms with Gasteiger partial charge in [-0.05, 0) is 25.5 Å². The third-order valence-electron chi connectivity index (χ3n) is 3.49. The van der Waals surface area contributed by atoms with Crippen molar-refractivity contribution in [2.75, 3.05) is 13.1 Å². The molecule has 0 spiro atoms. The molecule has 0 amide bonds. The molecule has 0 aromatic heterocycles. The Morgan fingerprint density at radius 3 is 2.62 bits per heavy atom. The second-order valence-corrected chi connectivity index (χ2v) is 4.58. The third-order valence-corrected chi connectivity index (χ3v) is 3.49. The molecule has 0 radical (unpaired) electrons. The normalized spacial score (nSPS) is 24.0. The number of aldehydes is 1. The molecule has 2 atom stereocenters. The number of hydrogen-bond acceptors (Lipinski definition) is 3.